The molecule has 2 unspecified atom stereocenters. The molecule has 1 N–H and O–H groups in total. The molecular weight excluding hydrogens is 419 g/mol. The number of likely N-dealkylation sites (tertiary alicyclic amines) is 1. The Balaban J connectivity index is 1.34. The van der Waals surface area contributed by atoms with E-state index in [9.17, 15) is 23.1 Å². The van der Waals surface area contributed by atoms with Gasteiger partial charge in [0.25, 0.3) is 0 Å². The van der Waals surface area contributed by atoms with Gasteiger partial charge in [0.2, 0.25) is 0 Å². The number of fused-ring (bicyclic) bond motifs is 1. The molecule has 1 saturated heterocycles. The molecule has 0 bridgehead atoms. The van der Waals surface area contributed by atoms with Gasteiger partial charge in [0.15, 0.2) is 0 Å². The molecule has 4 nitrogen and oxygen atoms in total. The first kappa shape index (κ1) is 22.4. The lowest BCUT2D eigenvalue weighted by Gasteiger charge is -2.33. The van der Waals surface area contributed by atoms with Crippen LogP contribution in [0, 0.1) is 5.92 Å². The predicted molar refractivity (Wildman–Crippen MR) is 116 cm³/mol. The largest absolute Gasteiger partial charge is 0.489 e. The van der Waals surface area contributed by atoms with E-state index in [2.05, 4.69) is 11.0 Å². The van der Waals surface area contributed by atoms with E-state index in [1.54, 1.807) is 12.2 Å². The molecule has 2 aromatic rings. The van der Waals surface area contributed by atoms with Crippen LogP contribution in [-0.4, -0.2) is 41.7 Å². The second kappa shape index (κ2) is 9.36. The number of benzene rings is 2. The summed E-state index contributed by atoms with van der Waals surface area (Å²) in [6.07, 6.45) is 2.67. The van der Waals surface area contributed by atoms with Crippen LogP contribution in [-0.2, 0) is 23.8 Å². The molecule has 4 rings (SSSR count). The van der Waals surface area contributed by atoms with Crippen LogP contribution in [0.1, 0.15) is 35.1 Å². The summed E-state index contributed by atoms with van der Waals surface area (Å²) in [5, 5.41) is 9.25. The first-order valence-electron chi connectivity index (χ1n) is 10.9. The van der Waals surface area contributed by atoms with Crippen molar-refractivity contribution in [1.29, 1.82) is 0 Å². The number of hydrogen-bond acceptors (Lipinski definition) is 3. The van der Waals surface area contributed by atoms with E-state index in [1.165, 1.54) is 23.3 Å². The molecule has 1 aliphatic heterocycles. The van der Waals surface area contributed by atoms with Crippen LogP contribution in [0.5, 0.6) is 5.75 Å². The molecule has 0 amide bonds. The summed E-state index contributed by atoms with van der Waals surface area (Å²) in [4.78, 5) is 13.6. The summed E-state index contributed by atoms with van der Waals surface area (Å²) in [6, 6.07) is 11.4. The van der Waals surface area contributed by atoms with Crippen LogP contribution in [0.4, 0.5) is 13.2 Å². The Kier molecular flexibility index (Phi) is 6.55. The number of aliphatic carboxylic acids is 1. The van der Waals surface area contributed by atoms with E-state index in [1.807, 2.05) is 12.1 Å². The van der Waals surface area contributed by atoms with Gasteiger partial charge in [-0.3, -0.25) is 9.69 Å². The van der Waals surface area contributed by atoms with E-state index in [0.717, 1.165) is 43.7 Å². The summed E-state index contributed by atoms with van der Waals surface area (Å²) in [7, 11) is 0. The van der Waals surface area contributed by atoms with Gasteiger partial charge in [-0.2, -0.15) is 13.2 Å². The van der Waals surface area contributed by atoms with Gasteiger partial charge >= 0.3 is 12.1 Å². The highest BCUT2D eigenvalue weighted by Gasteiger charge is 2.34. The maximum absolute atomic E-state index is 12.6. The minimum atomic E-state index is -4.33. The average molecular weight is 445 g/mol. The normalized spacial score (nSPS) is 21.6. The number of carboxylic acid groups (broad SMARTS) is 1. The molecule has 0 saturated carbocycles. The van der Waals surface area contributed by atoms with Crippen molar-refractivity contribution in [2.75, 3.05) is 19.7 Å². The Hall–Kier alpha value is -2.80. The van der Waals surface area contributed by atoms with Crippen molar-refractivity contribution in [2.45, 2.75) is 37.9 Å². The van der Waals surface area contributed by atoms with E-state index in [-0.39, 0.29) is 5.92 Å². The fourth-order valence-electron chi connectivity index (χ4n) is 4.63. The molecule has 0 radical (unpaired) electrons. The number of halogens is 3. The summed E-state index contributed by atoms with van der Waals surface area (Å²) in [6.45, 7) is 1.79. The number of carboxylic acids is 1. The number of ether oxygens (including phenoxy) is 1. The van der Waals surface area contributed by atoms with Gasteiger partial charge in [0, 0.05) is 12.6 Å². The van der Waals surface area contributed by atoms with Gasteiger partial charge in [-0.1, -0.05) is 30.3 Å². The van der Waals surface area contributed by atoms with Crippen molar-refractivity contribution in [2.24, 2.45) is 5.92 Å². The lowest BCUT2D eigenvalue weighted by atomic mass is 9.87. The predicted octanol–water partition coefficient (Wildman–Crippen LogP) is 5.06. The summed E-state index contributed by atoms with van der Waals surface area (Å²) < 4.78 is 43.9. The number of alkyl halides is 3. The van der Waals surface area contributed by atoms with Crippen molar-refractivity contribution in [3.63, 3.8) is 0 Å². The highest BCUT2D eigenvalue weighted by molar-refractivity contribution is 5.70. The van der Waals surface area contributed by atoms with Crippen molar-refractivity contribution < 1.29 is 27.8 Å². The number of carbonyl (C=O) groups is 1. The highest BCUT2D eigenvalue weighted by Crippen LogP contribution is 2.33. The Morgan fingerprint density at radius 1 is 1.16 bits per heavy atom. The van der Waals surface area contributed by atoms with Crippen LogP contribution in [0.3, 0.4) is 0 Å². The molecule has 2 aliphatic rings. The summed E-state index contributed by atoms with van der Waals surface area (Å²) in [5.41, 5.74) is 2.46. The minimum Gasteiger partial charge on any atom is -0.489 e. The van der Waals surface area contributed by atoms with Crippen LogP contribution < -0.4 is 4.74 Å². The van der Waals surface area contributed by atoms with Crippen molar-refractivity contribution in [3.05, 3.63) is 70.8 Å². The molecule has 2 aromatic carbocycles. The summed E-state index contributed by atoms with van der Waals surface area (Å²) >= 11 is 0. The second-order valence-electron chi connectivity index (χ2n) is 8.44. The maximum atomic E-state index is 12.6. The Morgan fingerprint density at radius 3 is 2.62 bits per heavy atom. The van der Waals surface area contributed by atoms with E-state index >= 15 is 0 Å². The molecule has 32 heavy (non-hydrogen) atoms. The zero-order valence-corrected chi connectivity index (χ0v) is 17.6. The van der Waals surface area contributed by atoms with Crippen LogP contribution in [0.2, 0.25) is 0 Å². The van der Waals surface area contributed by atoms with Crippen LogP contribution in [0.15, 0.2) is 48.5 Å². The average Bonchev–Trinajstić information content (AvgIpc) is 3.27. The molecule has 7 heteroatoms. The molecule has 2 atom stereocenters. The minimum absolute atomic E-state index is 0.262. The van der Waals surface area contributed by atoms with Gasteiger partial charge in [-0.25, -0.2) is 0 Å². The smallest absolute Gasteiger partial charge is 0.416 e. The first-order chi connectivity index (χ1) is 15.3. The standard InChI is InChI=1S/C25H26F3NO3/c26-25(27,28)20-8-6-17(7-9-20)3-2-14-32-23-5-1-4-18-15-21(10-11-22(18)23)29-13-12-19(16-29)24(30)31/h1-9,19,21H,10-16H2,(H,30,31)/b3-2+. The third kappa shape index (κ3) is 5.15. The zero-order chi connectivity index (χ0) is 22.7. The Labute approximate surface area is 185 Å². The quantitative estimate of drug-likeness (QED) is 0.675. The van der Waals surface area contributed by atoms with E-state index in [4.69, 9.17) is 4.74 Å². The molecule has 1 fully saturated rings. The molecular formula is C25H26F3NO3. The number of hydrogen-bond donors (Lipinski definition) is 1. The zero-order valence-electron chi connectivity index (χ0n) is 17.6. The number of rotatable bonds is 6. The van der Waals surface area contributed by atoms with Crippen molar-refractivity contribution in [3.8, 4) is 5.75 Å². The SMILES string of the molecule is O=C(O)C1CCN(C2CCc3c(cccc3OC/C=C/c3ccc(C(F)(F)F)cc3)C2)C1. The fourth-order valence-corrected chi connectivity index (χ4v) is 4.63. The van der Waals surface area contributed by atoms with Gasteiger partial charge in [-0.05, 0) is 73.2 Å². The summed E-state index contributed by atoms with van der Waals surface area (Å²) in [5.74, 6) is -0.130. The topological polar surface area (TPSA) is 49.8 Å². The highest BCUT2D eigenvalue weighted by atomic mass is 19.4. The van der Waals surface area contributed by atoms with Crippen LogP contribution >= 0.6 is 0 Å². The van der Waals surface area contributed by atoms with Crippen LogP contribution in [0.25, 0.3) is 6.08 Å². The molecule has 0 aromatic heterocycles. The van der Waals surface area contributed by atoms with E-state index < -0.39 is 17.7 Å². The molecule has 0 spiro atoms. The molecule has 1 heterocycles. The van der Waals surface area contributed by atoms with Gasteiger partial charge in [0.1, 0.15) is 12.4 Å². The Bertz CT molecular complexity index is 985. The van der Waals surface area contributed by atoms with Crippen molar-refractivity contribution in [1.82, 2.24) is 4.90 Å². The third-order valence-corrected chi connectivity index (χ3v) is 6.38. The maximum Gasteiger partial charge on any atom is 0.416 e. The fraction of sp³-hybridized carbons (Fsp3) is 0.400. The number of nitrogens with zero attached hydrogens (tertiary/aromatic N) is 1. The van der Waals surface area contributed by atoms with E-state index in [0.29, 0.717) is 31.2 Å². The monoisotopic (exact) mass is 445 g/mol. The van der Waals surface area contributed by atoms with Gasteiger partial charge < -0.3 is 9.84 Å². The third-order valence-electron chi connectivity index (χ3n) is 6.38. The van der Waals surface area contributed by atoms with Crippen molar-refractivity contribution >= 4 is 12.0 Å². The first-order valence-corrected chi connectivity index (χ1v) is 10.9. The Morgan fingerprint density at radius 2 is 1.94 bits per heavy atom. The molecule has 170 valence electrons. The molecule has 1 aliphatic carbocycles. The second-order valence-corrected chi connectivity index (χ2v) is 8.44. The van der Waals surface area contributed by atoms with Gasteiger partial charge in [0.05, 0.1) is 11.5 Å². The van der Waals surface area contributed by atoms with Gasteiger partial charge in [-0.15, -0.1) is 0 Å². The lowest BCUT2D eigenvalue weighted by Crippen LogP contribution is -2.38. The lowest BCUT2D eigenvalue weighted by molar-refractivity contribution is -0.141.